The summed E-state index contributed by atoms with van der Waals surface area (Å²) in [4.78, 5) is 0. The molecule has 0 heterocycles. The third-order valence-corrected chi connectivity index (χ3v) is 3.62. The van der Waals surface area contributed by atoms with Crippen LogP contribution in [0.4, 0.5) is 0 Å². The van der Waals surface area contributed by atoms with Gasteiger partial charge in [-0.25, -0.2) is 0 Å². The first kappa shape index (κ1) is 18.6. The van der Waals surface area contributed by atoms with Crippen molar-refractivity contribution in [3.8, 4) is 0 Å². The van der Waals surface area contributed by atoms with Crippen LogP contribution in [-0.4, -0.2) is 11.7 Å². The van der Waals surface area contributed by atoms with Gasteiger partial charge in [-0.05, 0) is 51.2 Å². The van der Waals surface area contributed by atoms with E-state index in [0.717, 1.165) is 17.9 Å². The number of hydrogen-bond donors (Lipinski definition) is 0. The Morgan fingerprint density at radius 1 is 0.895 bits per heavy atom. The summed E-state index contributed by atoms with van der Waals surface area (Å²) in [6, 6.07) is 0. The molecule has 0 saturated carbocycles. The number of unbranched alkanes of at least 4 members (excludes halogenated alkanes) is 5. The van der Waals surface area contributed by atoms with Gasteiger partial charge < -0.3 is 4.74 Å². The van der Waals surface area contributed by atoms with Crippen molar-refractivity contribution in [2.45, 2.75) is 85.0 Å². The molecule has 0 bridgehead atoms. The Kier molecular flexibility index (Phi) is 13.8. The molecule has 0 aromatic heterocycles. The predicted molar refractivity (Wildman–Crippen MR) is 89.8 cm³/mol. The molecule has 19 heavy (non-hydrogen) atoms. The molecule has 0 aliphatic heterocycles. The zero-order valence-corrected chi connectivity index (χ0v) is 14.0. The molecular weight excluding hydrogens is 252 g/mol. The maximum Gasteiger partial charge on any atom is 0.159 e. The fourth-order valence-corrected chi connectivity index (χ4v) is 2.35. The third-order valence-electron chi connectivity index (χ3n) is 3.30. The molecule has 0 aliphatic carbocycles. The molecule has 0 amide bonds. The van der Waals surface area contributed by atoms with Crippen molar-refractivity contribution < 1.29 is 4.74 Å². The van der Waals surface area contributed by atoms with Crippen LogP contribution in [0.25, 0.3) is 0 Å². The number of rotatable bonds is 12. The van der Waals surface area contributed by atoms with Crippen LogP contribution in [-0.2, 0) is 4.74 Å². The first-order valence-corrected chi connectivity index (χ1v) is 8.48. The minimum Gasteiger partial charge on any atom is -0.487 e. The van der Waals surface area contributed by atoms with Gasteiger partial charge >= 0.3 is 0 Å². The number of hydrogen-bond acceptors (Lipinski definition) is 2. The number of allylic oxidation sites excluding steroid dienone is 2. The van der Waals surface area contributed by atoms with Crippen LogP contribution in [0, 0.1) is 0 Å². The summed E-state index contributed by atoms with van der Waals surface area (Å²) in [7, 11) is 0. The fourth-order valence-electron chi connectivity index (χ4n) is 2.13. The Labute approximate surface area is 125 Å². The lowest BCUT2D eigenvalue weighted by molar-refractivity contribution is 0.327. The summed E-state index contributed by atoms with van der Waals surface area (Å²) in [6.07, 6.45) is 14.8. The average molecular weight is 285 g/mol. The predicted octanol–water partition coefficient (Wildman–Crippen LogP) is 6.22. The second-order valence-corrected chi connectivity index (χ2v) is 5.58. The number of thiocarbonyl (C=S) groups is 1. The van der Waals surface area contributed by atoms with E-state index in [1.54, 1.807) is 5.57 Å². The Balaban J connectivity index is 4.04. The highest BCUT2D eigenvalue weighted by Crippen LogP contribution is 2.17. The highest BCUT2D eigenvalue weighted by molar-refractivity contribution is 7.80. The first-order valence-electron chi connectivity index (χ1n) is 8.08. The Morgan fingerprint density at radius 3 is 2.21 bits per heavy atom. The molecule has 2 heteroatoms. The van der Waals surface area contributed by atoms with E-state index in [0.29, 0.717) is 6.61 Å². The highest BCUT2D eigenvalue weighted by Gasteiger charge is 2.02. The molecule has 0 rings (SSSR count). The van der Waals surface area contributed by atoms with Gasteiger partial charge in [-0.2, -0.15) is 0 Å². The second-order valence-electron chi connectivity index (χ2n) is 5.12. The Bertz CT molecular complexity index is 246. The van der Waals surface area contributed by atoms with E-state index >= 15 is 0 Å². The fraction of sp³-hybridized carbons (Fsp3) is 0.824. The van der Waals surface area contributed by atoms with Gasteiger partial charge in [-0.15, -0.1) is 0 Å². The Morgan fingerprint density at radius 2 is 1.58 bits per heavy atom. The zero-order chi connectivity index (χ0) is 14.3. The Hall–Kier alpha value is -0.370. The quantitative estimate of drug-likeness (QED) is 0.239. The van der Waals surface area contributed by atoms with Gasteiger partial charge in [0, 0.05) is 6.42 Å². The normalized spacial score (nSPS) is 11.6. The average Bonchev–Trinajstić information content (AvgIpc) is 2.40. The van der Waals surface area contributed by atoms with Crippen molar-refractivity contribution in [2.24, 2.45) is 0 Å². The van der Waals surface area contributed by atoms with E-state index in [4.69, 9.17) is 17.0 Å². The second kappa shape index (κ2) is 14.0. The molecule has 0 saturated heterocycles. The van der Waals surface area contributed by atoms with Gasteiger partial charge in [0.2, 0.25) is 0 Å². The molecule has 0 aromatic rings. The summed E-state index contributed by atoms with van der Waals surface area (Å²) in [5, 5.41) is 0.775. The van der Waals surface area contributed by atoms with E-state index in [1.807, 2.05) is 6.92 Å². The summed E-state index contributed by atoms with van der Waals surface area (Å²) in [5.41, 5.74) is 1.59. The highest BCUT2D eigenvalue weighted by atomic mass is 32.1. The van der Waals surface area contributed by atoms with E-state index in [2.05, 4.69) is 19.9 Å². The van der Waals surface area contributed by atoms with E-state index < -0.39 is 0 Å². The van der Waals surface area contributed by atoms with Crippen LogP contribution < -0.4 is 0 Å². The SMILES string of the molecule is CCCCCC=C(CCCCC)CCC(=S)OCC. The molecule has 0 aromatic carbocycles. The molecule has 1 nitrogen and oxygen atoms in total. The topological polar surface area (TPSA) is 9.23 Å². The largest absolute Gasteiger partial charge is 0.487 e. The lowest BCUT2D eigenvalue weighted by Crippen LogP contribution is -2.01. The van der Waals surface area contributed by atoms with Crippen LogP contribution in [0.3, 0.4) is 0 Å². The van der Waals surface area contributed by atoms with Gasteiger partial charge in [0.25, 0.3) is 0 Å². The standard InChI is InChI=1S/C17H32OS/c1-4-7-9-11-13-16(12-10-8-5-2)14-15-17(19)18-6-3/h13H,4-12,14-15H2,1-3H3. The van der Waals surface area contributed by atoms with Crippen LogP contribution in [0.2, 0.25) is 0 Å². The molecule has 112 valence electrons. The molecule has 0 aliphatic rings. The molecule has 0 spiro atoms. The lowest BCUT2D eigenvalue weighted by atomic mass is 10.0. The lowest BCUT2D eigenvalue weighted by Gasteiger charge is -2.09. The molecule has 0 radical (unpaired) electrons. The van der Waals surface area contributed by atoms with Crippen LogP contribution in [0.15, 0.2) is 11.6 Å². The van der Waals surface area contributed by atoms with Crippen molar-refractivity contribution in [3.05, 3.63) is 11.6 Å². The summed E-state index contributed by atoms with van der Waals surface area (Å²) < 4.78 is 5.37. The van der Waals surface area contributed by atoms with Gasteiger partial charge in [-0.1, -0.05) is 51.2 Å². The molecule has 0 unspecified atom stereocenters. The number of ether oxygens (including phenoxy) is 1. The molecular formula is C17H32OS. The van der Waals surface area contributed by atoms with E-state index in [1.165, 1.54) is 51.4 Å². The van der Waals surface area contributed by atoms with Gasteiger partial charge in [0.05, 0.1) is 6.61 Å². The molecule has 0 atom stereocenters. The minimum atomic E-state index is 0.699. The van der Waals surface area contributed by atoms with Crippen molar-refractivity contribution in [3.63, 3.8) is 0 Å². The van der Waals surface area contributed by atoms with E-state index in [9.17, 15) is 0 Å². The maximum absolute atomic E-state index is 5.37. The zero-order valence-electron chi connectivity index (χ0n) is 13.2. The third kappa shape index (κ3) is 12.4. The summed E-state index contributed by atoms with van der Waals surface area (Å²) in [5.74, 6) is 0. The van der Waals surface area contributed by atoms with Crippen molar-refractivity contribution >= 4 is 17.3 Å². The molecule has 0 N–H and O–H groups in total. The minimum absolute atomic E-state index is 0.699. The van der Waals surface area contributed by atoms with E-state index in [-0.39, 0.29) is 0 Å². The summed E-state index contributed by atoms with van der Waals surface area (Å²) >= 11 is 5.21. The van der Waals surface area contributed by atoms with Crippen LogP contribution >= 0.6 is 12.2 Å². The summed E-state index contributed by atoms with van der Waals surface area (Å²) in [6.45, 7) is 7.21. The van der Waals surface area contributed by atoms with Gasteiger partial charge in [-0.3, -0.25) is 0 Å². The van der Waals surface area contributed by atoms with Crippen LogP contribution in [0.1, 0.15) is 85.0 Å². The first-order chi connectivity index (χ1) is 9.24. The smallest absolute Gasteiger partial charge is 0.159 e. The van der Waals surface area contributed by atoms with Crippen molar-refractivity contribution in [2.75, 3.05) is 6.61 Å². The molecule has 0 fully saturated rings. The van der Waals surface area contributed by atoms with Crippen molar-refractivity contribution in [1.29, 1.82) is 0 Å². The maximum atomic E-state index is 5.37. The van der Waals surface area contributed by atoms with Gasteiger partial charge in [0.1, 0.15) is 0 Å². The van der Waals surface area contributed by atoms with Crippen LogP contribution in [0.5, 0.6) is 0 Å². The van der Waals surface area contributed by atoms with Gasteiger partial charge in [0.15, 0.2) is 5.05 Å². The van der Waals surface area contributed by atoms with Crippen molar-refractivity contribution in [1.82, 2.24) is 0 Å². The monoisotopic (exact) mass is 284 g/mol.